The number of hydrogen-bond donors (Lipinski definition) is 1. The SMILES string of the molecule is COc1cc(/C=C2/C(=N)N3N=C(C(F)(F)F)SC3=NC2=O)ccc1O[C@@H](C)c1ccccc1. The van der Waals surface area contributed by atoms with E-state index in [1.807, 2.05) is 37.3 Å². The standard InChI is InChI=1S/C22H17F3N4O3S/c1-12(14-6-4-3-5-7-14)32-16-9-8-13(11-17(16)31-2)10-15-18(26)29-21(27-19(15)30)33-20(28-29)22(23,24)25/h3-12,26H,1-2H3/b15-10-,26-18?/t12-/m0/s1. The topological polar surface area (TPSA) is 87.3 Å². The van der Waals surface area contributed by atoms with Gasteiger partial charge in [0.1, 0.15) is 6.10 Å². The predicted octanol–water partition coefficient (Wildman–Crippen LogP) is 5.02. The van der Waals surface area contributed by atoms with Crippen molar-refractivity contribution in [3.63, 3.8) is 0 Å². The molecule has 2 aromatic carbocycles. The molecular weight excluding hydrogens is 457 g/mol. The van der Waals surface area contributed by atoms with Crippen LogP contribution in [-0.4, -0.2) is 40.2 Å². The van der Waals surface area contributed by atoms with Gasteiger partial charge in [-0.25, -0.2) is 0 Å². The number of amidine groups is 2. The van der Waals surface area contributed by atoms with E-state index in [0.29, 0.717) is 22.1 Å². The van der Waals surface area contributed by atoms with Crippen LogP contribution >= 0.6 is 11.8 Å². The summed E-state index contributed by atoms with van der Waals surface area (Å²) < 4.78 is 50.3. The van der Waals surface area contributed by atoms with E-state index in [4.69, 9.17) is 14.9 Å². The Balaban J connectivity index is 1.60. The van der Waals surface area contributed by atoms with Gasteiger partial charge in [0.2, 0.25) is 10.2 Å². The molecule has 33 heavy (non-hydrogen) atoms. The smallest absolute Gasteiger partial charge is 0.441 e. The van der Waals surface area contributed by atoms with E-state index in [2.05, 4.69) is 10.1 Å². The maximum atomic E-state index is 13.0. The Labute approximate surface area is 191 Å². The molecule has 2 heterocycles. The quantitative estimate of drug-likeness (QED) is 0.615. The summed E-state index contributed by atoms with van der Waals surface area (Å²) in [5, 5.41) is 10.8. The van der Waals surface area contributed by atoms with Crippen LogP contribution in [0.1, 0.15) is 24.2 Å². The van der Waals surface area contributed by atoms with Crippen molar-refractivity contribution in [2.45, 2.75) is 19.2 Å². The molecule has 0 unspecified atom stereocenters. The maximum Gasteiger partial charge on any atom is 0.441 e. The highest BCUT2D eigenvalue weighted by molar-refractivity contribution is 8.27. The van der Waals surface area contributed by atoms with Crippen LogP contribution < -0.4 is 9.47 Å². The van der Waals surface area contributed by atoms with Gasteiger partial charge in [-0.2, -0.15) is 28.3 Å². The van der Waals surface area contributed by atoms with Gasteiger partial charge < -0.3 is 9.47 Å². The van der Waals surface area contributed by atoms with Crippen molar-refractivity contribution in [3.8, 4) is 11.5 Å². The van der Waals surface area contributed by atoms with Gasteiger partial charge in [-0.1, -0.05) is 36.4 Å². The number of hydrazone groups is 1. The Hall–Kier alpha value is -3.60. The average molecular weight is 474 g/mol. The lowest BCUT2D eigenvalue weighted by Gasteiger charge is -2.20. The summed E-state index contributed by atoms with van der Waals surface area (Å²) in [6, 6.07) is 14.5. The van der Waals surface area contributed by atoms with E-state index >= 15 is 0 Å². The number of alkyl halides is 3. The van der Waals surface area contributed by atoms with Crippen molar-refractivity contribution in [2.24, 2.45) is 10.1 Å². The summed E-state index contributed by atoms with van der Waals surface area (Å²) in [5.41, 5.74) is 1.26. The average Bonchev–Trinajstić information content (AvgIpc) is 3.23. The number of carbonyl (C=O) groups excluding carboxylic acids is 1. The highest BCUT2D eigenvalue weighted by atomic mass is 32.2. The normalized spacial score (nSPS) is 18.1. The van der Waals surface area contributed by atoms with Crippen LogP contribution in [0.15, 0.2) is 64.2 Å². The molecule has 0 fully saturated rings. The van der Waals surface area contributed by atoms with Gasteiger partial charge in [-0.05, 0) is 48.0 Å². The van der Waals surface area contributed by atoms with Crippen LogP contribution in [0.25, 0.3) is 6.08 Å². The summed E-state index contributed by atoms with van der Waals surface area (Å²) in [7, 11) is 1.46. The van der Waals surface area contributed by atoms with Crippen molar-refractivity contribution in [3.05, 3.63) is 65.2 Å². The molecule has 0 saturated heterocycles. The first-order valence-electron chi connectivity index (χ1n) is 9.64. The summed E-state index contributed by atoms with van der Waals surface area (Å²) in [4.78, 5) is 16.1. The second-order valence-corrected chi connectivity index (χ2v) is 7.96. The zero-order valence-electron chi connectivity index (χ0n) is 17.4. The summed E-state index contributed by atoms with van der Waals surface area (Å²) in [6.07, 6.45) is -3.60. The Morgan fingerprint density at radius 2 is 1.88 bits per heavy atom. The highest BCUT2D eigenvalue weighted by Gasteiger charge is 2.46. The largest absolute Gasteiger partial charge is 0.493 e. The third-order valence-corrected chi connectivity index (χ3v) is 5.72. The molecule has 0 aromatic heterocycles. The van der Waals surface area contributed by atoms with Crippen molar-refractivity contribution >= 4 is 39.8 Å². The number of fused-ring (bicyclic) bond motifs is 1. The number of rotatable bonds is 5. The van der Waals surface area contributed by atoms with E-state index in [1.165, 1.54) is 13.2 Å². The van der Waals surface area contributed by atoms with Crippen molar-refractivity contribution in [1.29, 1.82) is 5.41 Å². The van der Waals surface area contributed by atoms with E-state index in [9.17, 15) is 18.0 Å². The number of thioether (sulfide) groups is 1. The molecule has 11 heteroatoms. The maximum absolute atomic E-state index is 13.0. The molecule has 1 amide bonds. The number of nitrogens with zero attached hydrogens (tertiary/aromatic N) is 3. The van der Waals surface area contributed by atoms with Crippen molar-refractivity contribution in [2.75, 3.05) is 7.11 Å². The summed E-state index contributed by atoms with van der Waals surface area (Å²) >= 11 is 0.205. The number of halogens is 3. The predicted molar refractivity (Wildman–Crippen MR) is 120 cm³/mol. The molecule has 0 saturated carbocycles. The number of ether oxygens (including phenoxy) is 2. The van der Waals surface area contributed by atoms with E-state index in [1.54, 1.807) is 18.2 Å². The van der Waals surface area contributed by atoms with Gasteiger partial charge in [0, 0.05) is 0 Å². The molecule has 7 nitrogen and oxygen atoms in total. The lowest BCUT2D eigenvalue weighted by atomic mass is 10.1. The molecule has 2 aromatic rings. The van der Waals surface area contributed by atoms with E-state index in [-0.39, 0.29) is 28.6 Å². The number of aliphatic imine (C=N–C) groups is 1. The molecule has 0 aliphatic carbocycles. The van der Waals surface area contributed by atoms with Crippen LogP contribution in [0.4, 0.5) is 13.2 Å². The molecule has 170 valence electrons. The van der Waals surface area contributed by atoms with Gasteiger partial charge >= 0.3 is 6.18 Å². The highest BCUT2D eigenvalue weighted by Crippen LogP contribution is 2.36. The second-order valence-electron chi connectivity index (χ2n) is 7.00. The third kappa shape index (κ3) is 4.63. The van der Waals surface area contributed by atoms with Gasteiger partial charge in [-0.15, -0.1) is 0 Å². The number of methoxy groups -OCH3 is 1. The van der Waals surface area contributed by atoms with Gasteiger partial charge in [0.05, 0.1) is 12.7 Å². The van der Waals surface area contributed by atoms with E-state index in [0.717, 1.165) is 5.56 Å². The molecule has 0 spiro atoms. The van der Waals surface area contributed by atoms with E-state index < -0.39 is 23.0 Å². The minimum atomic E-state index is -4.70. The molecule has 1 atom stereocenters. The van der Waals surface area contributed by atoms with Crippen molar-refractivity contribution in [1.82, 2.24) is 5.01 Å². The molecule has 2 aliphatic heterocycles. The monoisotopic (exact) mass is 474 g/mol. The lowest BCUT2D eigenvalue weighted by Crippen LogP contribution is -2.35. The lowest BCUT2D eigenvalue weighted by molar-refractivity contribution is -0.114. The third-order valence-electron chi connectivity index (χ3n) is 4.77. The fourth-order valence-corrected chi connectivity index (χ4v) is 3.89. The number of hydrogen-bond acceptors (Lipinski definition) is 6. The molecule has 1 N–H and O–H groups in total. The van der Waals surface area contributed by atoms with Crippen LogP contribution in [0, 0.1) is 5.41 Å². The minimum absolute atomic E-state index is 0.195. The van der Waals surface area contributed by atoms with Gasteiger partial charge in [-0.3, -0.25) is 10.2 Å². The van der Waals surface area contributed by atoms with Crippen LogP contribution in [0.3, 0.4) is 0 Å². The Morgan fingerprint density at radius 1 is 1.15 bits per heavy atom. The summed E-state index contributed by atoms with van der Waals surface area (Å²) in [5.74, 6) is -0.458. The molecule has 2 aliphatic rings. The summed E-state index contributed by atoms with van der Waals surface area (Å²) in [6.45, 7) is 1.89. The Morgan fingerprint density at radius 3 is 2.55 bits per heavy atom. The first-order chi connectivity index (χ1) is 15.7. The fraction of sp³-hybridized carbons (Fsp3) is 0.182. The molecular formula is C22H17F3N4O3S. The number of amides is 1. The zero-order valence-corrected chi connectivity index (χ0v) is 18.2. The first-order valence-corrected chi connectivity index (χ1v) is 10.5. The minimum Gasteiger partial charge on any atom is -0.493 e. The number of carbonyl (C=O) groups is 1. The number of nitrogens with one attached hydrogen (secondary N) is 1. The van der Waals surface area contributed by atoms with Crippen LogP contribution in [-0.2, 0) is 4.79 Å². The number of benzene rings is 2. The van der Waals surface area contributed by atoms with Crippen LogP contribution in [0.2, 0.25) is 0 Å². The second kappa shape index (κ2) is 8.74. The fourth-order valence-electron chi connectivity index (χ4n) is 3.13. The molecule has 0 bridgehead atoms. The van der Waals surface area contributed by atoms with Crippen molar-refractivity contribution < 1.29 is 27.4 Å². The Kier molecular flexibility index (Phi) is 5.98. The van der Waals surface area contributed by atoms with Gasteiger partial charge in [0.15, 0.2) is 17.3 Å². The van der Waals surface area contributed by atoms with Crippen LogP contribution in [0.5, 0.6) is 11.5 Å². The van der Waals surface area contributed by atoms with Gasteiger partial charge in [0.25, 0.3) is 5.91 Å². The Bertz CT molecular complexity index is 1210. The molecule has 0 radical (unpaired) electrons. The first kappa shape index (κ1) is 22.6. The molecule has 4 rings (SSSR count). The zero-order chi connectivity index (χ0) is 23.8.